The van der Waals surface area contributed by atoms with Gasteiger partial charge in [0.25, 0.3) is 11.5 Å². The molecule has 0 radical (unpaired) electrons. The van der Waals surface area contributed by atoms with Crippen molar-refractivity contribution in [2.75, 3.05) is 6.54 Å². The van der Waals surface area contributed by atoms with Gasteiger partial charge in [-0.3, -0.25) is 14.4 Å². The molecule has 0 aliphatic carbocycles. The van der Waals surface area contributed by atoms with Gasteiger partial charge in [0, 0.05) is 29.6 Å². The normalized spacial score (nSPS) is 18.3. The predicted octanol–water partition coefficient (Wildman–Crippen LogP) is 4.02. The molecule has 1 saturated heterocycles. The number of H-pyrrole nitrogens is 1. The highest BCUT2D eigenvalue weighted by Gasteiger charge is 2.41. The molecular weight excluding hydrogens is 569 g/mol. The molecular formula is C32H40FN5O4S. The highest BCUT2D eigenvalue weighted by atomic mass is 32.2. The number of likely N-dealkylation sites (tertiary alicyclic amines) is 1. The Bertz CT molecular complexity index is 1580. The van der Waals surface area contributed by atoms with Gasteiger partial charge in [-0.15, -0.1) is 0 Å². The summed E-state index contributed by atoms with van der Waals surface area (Å²) in [4.78, 5) is 40.7. The molecule has 230 valence electrons. The second kappa shape index (κ2) is 13.3. The Balaban J connectivity index is 1.49. The van der Waals surface area contributed by atoms with Gasteiger partial charge in [0.05, 0.1) is 34.0 Å². The topological polar surface area (TPSA) is 124 Å². The molecule has 1 fully saturated rings. The van der Waals surface area contributed by atoms with Gasteiger partial charge in [-0.1, -0.05) is 18.2 Å². The molecule has 0 bridgehead atoms. The maximum Gasteiger partial charge on any atom is 0.267 e. The summed E-state index contributed by atoms with van der Waals surface area (Å²) in [5.41, 5.74) is 3.85. The fraction of sp³-hybridized carbons (Fsp3) is 0.438. The molecule has 4 rings (SSSR count). The van der Waals surface area contributed by atoms with E-state index < -0.39 is 21.6 Å². The molecule has 2 amide bonds. The van der Waals surface area contributed by atoms with E-state index in [2.05, 4.69) is 20.2 Å². The third-order valence-corrected chi connectivity index (χ3v) is 9.47. The maximum atomic E-state index is 14.1. The SMILES string of the molecule is Cc1cc(Cc2ccc(C(=O)NCC(=O)N3[C@@H]([C@H](C)N[S@@](=O)C(C)(C)C)CC[C@H]3c3cccc(F)c3)cc2C)c(=O)[nH]n1. The van der Waals surface area contributed by atoms with E-state index in [1.165, 1.54) is 12.1 Å². The lowest BCUT2D eigenvalue weighted by atomic mass is 9.99. The molecule has 1 aromatic heterocycles. The van der Waals surface area contributed by atoms with Crippen LogP contribution in [0.15, 0.2) is 53.3 Å². The van der Waals surface area contributed by atoms with E-state index in [1.807, 2.05) is 34.6 Å². The summed E-state index contributed by atoms with van der Waals surface area (Å²) in [6.07, 6.45) is 1.65. The average Bonchev–Trinajstić information content (AvgIpc) is 3.39. The Hall–Kier alpha value is -3.70. The van der Waals surface area contributed by atoms with Crippen molar-refractivity contribution >= 4 is 22.8 Å². The van der Waals surface area contributed by atoms with Crippen LogP contribution in [-0.2, 0) is 22.2 Å². The molecule has 3 N–H and O–H groups in total. The van der Waals surface area contributed by atoms with Crippen molar-refractivity contribution in [3.63, 3.8) is 0 Å². The Kier molecular flexibility index (Phi) is 9.96. The molecule has 0 unspecified atom stereocenters. The summed E-state index contributed by atoms with van der Waals surface area (Å²) < 4.78 is 29.6. The van der Waals surface area contributed by atoms with Gasteiger partial charge >= 0.3 is 0 Å². The number of carbonyl (C=O) groups excluding carboxylic acids is 2. The number of nitrogens with one attached hydrogen (secondary N) is 3. The monoisotopic (exact) mass is 609 g/mol. The third-order valence-electron chi connectivity index (χ3n) is 7.77. The predicted molar refractivity (Wildman–Crippen MR) is 165 cm³/mol. The van der Waals surface area contributed by atoms with E-state index >= 15 is 0 Å². The molecule has 3 aromatic rings. The van der Waals surface area contributed by atoms with Crippen LogP contribution in [0.5, 0.6) is 0 Å². The van der Waals surface area contributed by atoms with Gasteiger partial charge in [-0.05, 0) is 101 Å². The minimum atomic E-state index is -1.35. The largest absolute Gasteiger partial charge is 0.343 e. The summed E-state index contributed by atoms with van der Waals surface area (Å²) in [6.45, 7) is 10.9. The number of hydrogen-bond acceptors (Lipinski definition) is 5. The summed E-state index contributed by atoms with van der Waals surface area (Å²) in [5.74, 6) is -1.09. The lowest BCUT2D eigenvalue weighted by molar-refractivity contribution is -0.133. The quantitative estimate of drug-likeness (QED) is 0.338. The zero-order chi connectivity index (χ0) is 31.5. The van der Waals surface area contributed by atoms with Crippen LogP contribution in [0, 0.1) is 19.7 Å². The number of rotatable bonds is 9. The highest BCUT2D eigenvalue weighted by Crippen LogP contribution is 2.38. The smallest absolute Gasteiger partial charge is 0.267 e. The first-order chi connectivity index (χ1) is 20.2. The molecule has 0 saturated carbocycles. The maximum absolute atomic E-state index is 14.1. The van der Waals surface area contributed by atoms with Crippen LogP contribution in [0.3, 0.4) is 0 Å². The van der Waals surface area contributed by atoms with Crippen LogP contribution in [0.1, 0.15) is 84.9 Å². The summed E-state index contributed by atoms with van der Waals surface area (Å²) in [7, 11) is -1.35. The van der Waals surface area contributed by atoms with Gasteiger partial charge in [-0.2, -0.15) is 5.10 Å². The van der Waals surface area contributed by atoms with Crippen LogP contribution < -0.4 is 15.6 Å². The summed E-state index contributed by atoms with van der Waals surface area (Å²) in [5, 5.41) is 9.15. The third kappa shape index (κ3) is 7.83. The van der Waals surface area contributed by atoms with E-state index in [0.717, 1.165) is 11.1 Å². The fourth-order valence-electron chi connectivity index (χ4n) is 5.43. The number of halogens is 1. The zero-order valence-corrected chi connectivity index (χ0v) is 26.3. The van der Waals surface area contributed by atoms with Crippen LogP contribution >= 0.6 is 0 Å². The van der Waals surface area contributed by atoms with Crippen molar-refractivity contribution in [2.24, 2.45) is 0 Å². The number of nitrogens with zero attached hydrogens (tertiary/aromatic N) is 2. The van der Waals surface area contributed by atoms with Crippen LogP contribution in [0.4, 0.5) is 4.39 Å². The second-order valence-corrected chi connectivity index (χ2v) is 14.2. The van der Waals surface area contributed by atoms with Gasteiger partial charge < -0.3 is 10.2 Å². The average molecular weight is 610 g/mol. The molecule has 1 aliphatic rings. The van der Waals surface area contributed by atoms with Crippen LogP contribution in [0.25, 0.3) is 0 Å². The molecule has 11 heteroatoms. The summed E-state index contributed by atoms with van der Waals surface area (Å²) in [6, 6.07) is 12.2. The zero-order valence-electron chi connectivity index (χ0n) is 25.5. The number of benzene rings is 2. The first-order valence-corrected chi connectivity index (χ1v) is 15.6. The first-order valence-electron chi connectivity index (χ1n) is 14.4. The van der Waals surface area contributed by atoms with E-state index in [0.29, 0.717) is 41.6 Å². The minimum Gasteiger partial charge on any atom is -0.343 e. The first kappa shape index (κ1) is 32.2. The van der Waals surface area contributed by atoms with E-state index in [-0.39, 0.29) is 42.0 Å². The van der Waals surface area contributed by atoms with E-state index in [9.17, 15) is 23.0 Å². The van der Waals surface area contributed by atoms with Crippen molar-refractivity contribution in [1.82, 2.24) is 25.1 Å². The second-order valence-electron chi connectivity index (χ2n) is 12.2. The molecule has 2 heterocycles. The highest BCUT2D eigenvalue weighted by molar-refractivity contribution is 7.84. The van der Waals surface area contributed by atoms with Crippen LogP contribution in [0.2, 0.25) is 0 Å². The van der Waals surface area contributed by atoms with Crippen molar-refractivity contribution in [1.29, 1.82) is 0 Å². The number of hydrogen-bond donors (Lipinski definition) is 3. The van der Waals surface area contributed by atoms with E-state index in [4.69, 9.17) is 0 Å². The van der Waals surface area contributed by atoms with Gasteiger partial charge in [0.1, 0.15) is 5.82 Å². The Morgan fingerprint density at radius 3 is 2.53 bits per heavy atom. The van der Waals surface area contributed by atoms with Crippen LogP contribution in [-0.4, -0.2) is 54.5 Å². The molecule has 43 heavy (non-hydrogen) atoms. The number of carbonyl (C=O) groups is 2. The van der Waals surface area contributed by atoms with Crippen molar-refractivity contribution in [3.05, 3.63) is 98.2 Å². The Labute approximate surface area is 254 Å². The number of amides is 2. The molecule has 0 spiro atoms. The van der Waals surface area contributed by atoms with Crippen molar-refractivity contribution in [3.8, 4) is 0 Å². The number of aromatic nitrogens is 2. The van der Waals surface area contributed by atoms with Gasteiger partial charge in [-0.25, -0.2) is 18.4 Å². The Morgan fingerprint density at radius 2 is 1.86 bits per heavy atom. The van der Waals surface area contributed by atoms with E-state index in [1.54, 1.807) is 48.2 Å². The number of aromatic amines is 1. The standard InChI is InChI=1S/C32H40FN5O4S/c1-19-14-24(11-10-22(19)16-25-15-20(2)35-36-31(25)41)30(40)34-18-29(39)38-27(21(3)37-43(42)32(4,5)6)12-13-28(38)23-8-7-9-26(33)17-23/h7-11,14-15,17,21,27-28,37H,12-13,16,18H2,1-6H3,(H,34,40)(H,36,41)/t21-,27+,28-,43-/m0/s1. The van der Waals surface area contributed by atoms with Crippen molar-refractivity contribution in [2.45, 2.75) is 83.7 Å². The number of aryl methyl sites for hydroxylation is 2. The van der Waals surface area contributed by atoms with Gasteiger partial charge in [0.15, 0.2) is 0 Å². The van der Waals surface area contributed by atoms with Gasteiger partial charge in [0.2, 0.25) is 5.91 Å². The summed E-state index contributed by atoms with van der Waals surface area (Å²) >= 11 is 0. The molecule has 1 aliphatic heterocycles. The Morgan fingerprint density at radius 1 is 1.12 bits per heavy atom. The lowest BCUT2D eigenvalue weighted by Crippen LogP contribution is -2.52. The minimum absolute atomic E-state index is 0.247. The molecule has 4 atom stereocenters. The van der Waals surface area contributed by atoms with Crippen molar-refractivity contribution < 1.29 is 18.2 Å². The molecule has 9 nitrogen and oxygen atoms in total. The lowest BCUT2D eigenvalue weighted by Gasteiger charge is -2.35. The molecule has 2 aromatic carbocycles. The fourth-order valence-corrected chi connectivity index (χ4v) is 6.28.